The second-order valence-electron chi connectivity index (χ2n) is 5.98. The first-order valence-electron chi connectivity index (χ1n) is 8.25. The van der Waals surface area contributed by atoms with E-state index in [1.54, 1.807) is 24.3 Å². The lowest BCUT2D eigenvalue weighted by molar-refractivity contribution is -0.123. The fraction of sp³-hybridized carbons (Fsp3) is 0.211. The van der Waals surface area contributed by atoms with Gasteiger partial charge in [-0.25, -0.2) is 10.3 Å². The molecule has 0 unspecified atom stereocenters. The van der Waals surface area contributed by atoms with Crippen LogP contribution in [0.2, 0.25) is 5.02 Å². The lowest BCUT2D eigenvalue weighted by atomic mass is 10.1. The highest BCUT2D eigenvalue weighted by atomic mass is 35.5. The molecule has 1 heterocycles. The predicted molar refractivity (Wildman–Crippen MR) is 98.4 cm³/mol. The fourth-order valence-electron chi connectivity index (χ4n) is 2.76. The maximum absolute atomic E-state index is 12.5. The third-order valence-electron chi connectivity index (χ3n) is 4.08. The van der Waals surface area contributed by atoms with Crippen molar-refractivity contribution in [3.05, 3.63) is 65.2 Å². The van der Waals surface area contributed by atoms with Gasteiger partial charge in [0.25, 0.3) is 5.91 Å². The standard InChI is InChI=1S/C19H18ClN3O3/c20-14-7-4-8-15(11-14)23-18(25)12-16(19(23)26)21-22-17(24)10-9-13-5-2-1-3-6-13/h1-8,11,16,21H,9-10,12H2,(H,22,24)/t16-/m0/s1. The third-order valence-corrected chi connectivity index (χ3v) is 4.32. The molecule has 2 aromatic carbocycles. The fourth-order valence-corrected chi connectivity index (χ4v) is 2.95. The van der Waals surface area contributed by atoms with Gasteiger partial charge in [-0.15, -0.1) is 0 Å². The van der Waals surface area contributed by atoms with E-state index in [4.69, 9.17) is 11.6 Å². The highest BCUT2D eigenvalue weighted by Gasteiger charge is 2.39. The summed E-state index contributed by atoms with van der Waals surface area (Å²) in [5, 5.41) is 0.439. The summed E-state index contributed by atoms with van der Waals surface area (Å²) in [6.07, 6.45) is 0.856. The van der Waals surface area contributed by atoms with Gasteiger partial charge < -0.3 is 0 Å². The van der Waals surface area contributed by atoms with E-state index in [9.17, 15) is 14.4 Å². The second kappa shape index (κ2) is 8.12. The molecule has 0 aliphatic carbocycles. The Bertz CT molecular complexity index is 826. The van der Waals surface area contributed by atoms with Crippen molar-refractivity contribution in [2.45, 2.75) is 25.3 Å². The van der Waals surface area contributed by atoms with Gasteiger partial charge in [-0.1, -0.05) is 48.0 Å². The van der Waals surface area contributed by atoms with Gasteiger partial charge >= 0.3 is 0 Å². The number of aryl methyl sites for hydroxylation is 1. The summed E-state index contributed by atoms with van der Waals surface area (Å²) in [7, 11) is 0. The first-order chi connectivity index (χ1) is 12.5. The van der Waals surface area contributed by atoms with E-state index in [2.05, 4.69) is 10.9 Å². The normalized spacial score (nSPS) is 16.8. The molecule has 26 heavy (non-hydrogen) atoms. The van der Waals surface area contributed by atoms with Crippen LogP contribution in [-0.2, 0) is 20.8 Å². The SMILES string of the molecule is O=C(CCc1ccccc1)NN[C@H]1CC(=O)N(c2cccc(Cl)c2)C1=O. The molecule has 0 spiro atoms. The summed E-state index contributed by atoms with van der Waals surface area (Å²) in [5.41, 5.74) is 6.66. The monoisotopic (exact) mass is 371 g/mol. The van der Waals surface area contributed by atoms with E-state index in [0.29, 0.717) is 17.1 Å². The van der Waals surface area contributed by atoms with Gasteiger partial charge in [0, 0.05) is 11.4 Å². The smallest absolute Gasteiger partial charge is 0.253 e. The Hall–Kier alpha value is -2.70. The largest absolute Gasteiger partial charge is 0.291 e. The number of benzene rings is 2. The minimum absolute atomic E-state index is 0.0235. The van der Waals surface area contributed by atoms with Gasteiger partial charge in [0.2, 0.25) is 11.8 Å². The molecule has 1 aliphatic rings. The first-order valence-corrected chi connectivity index (χ1v) is 8.63. The maximum Gasteiger partial charge on any atom is 0.253 e. The van der Waals surface area contributed by atoms with Crippen molar-refractivity contribution in [3.63, 3.8) is 0 Å². The van der Waals surface area contributed by atoms with Gasteiger partial charge in [-0.3, -0.25) is 19.8 Å². The number of nitrogens with zero attached hydrogens (tertiary/aromatic N) is 1. The number of hydrogen-bond donors (Lipinski definition) is 2. The summed E-state index contributed by atoms with van der Waals surface area (Å²) in [4.78, 5) is 37.7. The second-order valence-corrected chi connectivity index (χ2v) is 6.42. The van der Waals surface area contributed by atoms with Crippen LogP contribution >= 0.6 is 11.6 Å². The number of anilines is 1. The molecule has 0 aromatic heterocycles. The molecule has 1 atom stereocenters. The molecule has 1 aliphatic heterocycles. The summed E-state index contributed by atoms with van der Waals surface area (Å²) < 4.78 is 0. The summed E-state index contributed by atoms with van der Waals surface area (Å²) in [5.74, 6) is -0.996. The number of carbonyl (C=O) groups excluding carboxylic acids is 3. The van der Waals surface area contributed by atoms with Crippen LogP contribution in [0, 0.1) is 0 Å². The number of amides is 3. The van der Waals surface area contributed by atoms with Gasteiger partial charge in [0.1, 0.15) is 6.04 Å². The number of hydrazine groups is 1. The summed E-state index contributed by atoms with van der Waals surface area (Å²) in [6, 6.07) is 15.4. The minimum atomic E-state index is -0.790. The Labute approximate surface area is 156 Å². The van der Waals surface area contributed by atoms with Crippen molar-refractivity contribution in [2.75, 3.05) is 4.90 Å². The zero-order valence-corrected chi connectivity index (χ0v) is 14.7. The highest BCUT2D eigenvalue weighted by Crippen LogP contribution is 2.25. The molecule has 6 nitrogen and oxygen atoms in total. The number of imide groups is 1. The van der Waals surface area contributed by atoms with E-state index in [-0.39, 0.29) is 24.7 Å². The van der Waals surface area contributed by atoms with Crippen LogP contribution in [0.5, 0.6) is 0 Å². The van der Waals surface area contributed by atoms with Crippen molar-refractivity contribution >= 4 is 35.0 Å². The van der Waals surface area contributed by atoms with Crippen LogP contribution in [0.4, 0.5) is 5.69 Å². The average molecular weight is 372 g/mol. The van der Waals surface area contributed by atoms with E-state index in [0.717, 1.165) is 10.5 Å². The molecule has 1 saturated heterocycles. The Morgan fingerprint density at radius 3 is 2.62 bits per heavy atom. The maximum atomic E-state index is 12.5. The van der Waals surface area contributed by atoms with E-state index < -0.39 is 11.9 Å². The third kappa shape index (κ3) is 4.28. The predicted octanol–water partition coefficient (Wildman–Crippen LogP) is 2.23. The van der Waals surface area contributed by atoms with Crippen LogP contribution in [0.1, 0.15) is 18.4 Å². The number of carbonyl (C=O) groups is 3. The average Bonchev–Trinajstić information content (AvgIpc) is 2.92. The van der Waals surface area contributed by atoms with Crippen molar-refractivity contribution in [2.24, 2.45) is 0 Å². The molecular formula is C19H18ClN3O3. The van der Waals surface area contributed by atoms with Crippen LogP contribution in [0.25, 0.3) is 0 Å². The van der Waals surface area contributed by atoms with Crippen LogP contribution in [0.15, 0.2) is 54.6 Å². The number of hydrogen-bond acceptors (Lipinski definition) is 4. The molecule has 0 bridgehead atoms. The molecule has 2 N–H and O–H groups in total. The Balaban J connectivity index is 1.53. The lowest BCUT2D eigenvalue weighted by Crippen LogP contribution is -2.48. The summed E-state index contributed by atoms with van der Waals surface area (Å²) in [6.45, 7) is 0. The van der Waals surface area contributed by atoms with Gasteiger partial charge in [-0.05, 0) is 30.2 Å². The quantitative estimate of drug-likeness (QED) is 0.603. The highest BCUT2D eigenvalue weighted by molar-refractivity contribution is 6.31. The topological polar surface area (TPSA) is 78.5 Å². The van der Waals surface area contributed by atoms with Crippen molar-refractivity contribution in [3.8, 4) is 0 Å². The van der Waals surface area contributed by atoms with Gasteiger partial charge in [-0.2, -0.15) is 0 Å². The summed E-state index contributed by atoms with van der Waals surface area (Å²) >= 11 is 5.92. The number of rotatable bonds is 6. The van der Waals surface area contributed by atoms with Crippen molar-refractivity contribution in [1.82, 2.24) is 10.9 Å². The minimum Gasteiger partial charge on any atom is -0.291 e. The van der Waals surface area contributed by atoms with Crippen LogP contribution < -0.4 is 15.8 Å². The van der Waals surface area contributed by atoms with Crippen molar-refractivity contribution in [1.29, 1.82) is 0 Å². The van der Waals surface area contributed by atoms with Crippen molar-refractivity contribution < 1.29 is 14.4 Å². The van der Waals surface area contributed by atoms with E-state index in [1.165, 1.54) is 0 Å². The molecule has 3 amide bonds. The van der Waals surface area contributed by atoms with Crippen LogP contribution in [-0.4, -0.2) is 23.8 Å². The molecule has 134 valence electrons. The molecular weight excluding hydrogens is 354 g/mol. The molecule has 7 heteroatoms. The molecule has 0 saturated carbocycles. The zero-order chi connectivity index (χ0) is 18.5. The molecule has 1 fully saturated rings. The Morgan fingerprint density at radius 2 is 1.88 bits per heavy atom. The van der Waals surface area contributed by atoms with E-state index >= 15 is 0 Å². The number of nitrogens with one attached hydrogen (secondary N) is 2. The van der Waals surface area contributed by atoms with Gasteiger partial charge in [0.05, 0.1) is 12.1 Å². The molecule has 3 rings (SSSR count). The lowest BCUT2D eigenvalue weighted by Gasteiger charge is -2.16. The molecule has 2 aromatic rings. The first kappa shape index (κ1) is 18.1. The zero-order valence-electron chi connectivity index (χ0n) is 13.9. The Morgan fingerprint density at radius 1 is 1.12 bits per heavy atom. The number of halogens is 1. The van der Waals surface area contributed by atoms with E-state index in [1.807, 2.05) is 30.3 Å². The van der Waals surface area contributed by atoms with Crippen LogP contribution in [0.3, 0.4) is 0 Å². The Kier molecular flexibility index (Phi) is 5.65. The van der Waals surface area contributed by atoms with Gasteiger partial charge in [0.15, 0.2) is 0 Å². The molecule has 0 radical (unpaired) electrons.